The first kappa shape index (κ1) is 20.1. The smallest absolute Gasteiger partial charge is 0.251 e. The molecule has 1 fully saturated rings. The number of aromatic amines is 1. The van der Waals surface area contributed by atoms with E-state index in [0.29, 0.717) is 12.3 Å². The normalized spacial score (nSPS) is 16.5. The number of nitrogens with one attached hydrogen (secondary N) is 1. The first-order valence-electron chi connectivity index (χ1n) is 10.2. The van der Waals surface area contributed by atoms with Crippen LogP contribution in [0.15, 0.2) is 53.6 Å². The number of likely N-dealkylation sites (tertiary alicyclic amines) is 1. The first-order valence-corrected chi connectivity index (χ1v) is 10.2. The van der Waals surface area contributed by atoms with Crippen molar-refractivity contribution < 1.29 is 9.47 Å². The van der Waals surface area contributed by atoms with Gasteiger partial charge in [0.25, 0.3) is 5.56 Å². The maximum absolute atomic E-state index is 12.2. The van der Waals surface area contributed by atoms with Crippen LogP contribution in [0.25, 0.3) is 11.3 Å². The van der Waals surface area contributed by atoms with Crippen molar-refractivity contribution in [3.8, 4) is 22.8 Å². The van der Waals surface area contributed by atoms with Gasteiger partial charge in [-0.2, -0.15) is 0 Å². The first-order chi connectivity index (χ1) is 14.7. The zero-order valence-electron chi connectivity index (χ0n) is 17.3. The lowest BCUT2D eigenvalue weighted by atomic mass is 10.1. The van der Waals surface area contributed by atoms with E-state index in [1.54, 1.807) is 19.5 Å². The number of rotatable bonds is 7. The Labute approximate surface area is 175 Å². The van der Waals surface area contributed by atoms with E-state index < -0.39 is 0 Å². The predicted octanol–water partition coefficient (Wildman–Crippen LogP) is 3.23. The highest BCUT2D eigenvalue weighted by molar-refractivity contribution is 5.57. The summed E-state index contributed by atoms with van der Waals surface area (Å²) in [6.07, 6.45) is 4.39. The third kappa shape index (κ3) is 4.52. The number of aromatic nitrogens is 3. The number of hydrogen-bond acceptors (Lipinski definition) is 6. The molecule has 1 saturated heterocycles. The molecule has 0 unspecified atom stereocenters. The minimum Gasteiger partial charge on any atom is -0.493 e. The minimum atomic E-state index is -0.131. The molecule has 30 heavy (non-hydrogen) atoms. The maximum Gasteiger partial charge on any atom is 0.251 e. The van der Waals surface area contributed by atoms with E-state index in [4.69, 9.17) is 14.5 Å². The number of methoxy groups -OCH3 is 1. The number of pyridine rings is 1. The molecule has 0 spiro atoms. The molecule has 3 heterocycles. The molecule has 1 N–H and O–H groups in total. The molecule has 1 atom stereocenters. The number of nitrogens with zero attached hydrogens (tertiary/aromatic N) is 3. The highest BCUT2D eigenvalue weighted by Crippen LogP contribution is 2.31. The Hall–Kier alpha value is -3.19. The molecule has 0 aliphatic carbocycles. The molecular formula is C23H26N4O3. The summed E-state index contributed by atoms with van der Waals surface area (Å²) in [5.74, 6) is 2.45. The van der Waals surface area contributed by atoms with E-state index >= 15 is 0 Å². The maximum atomic E-state index is 12.2. The Kier molecular flexibility index (Phi) is 6.09. The fraction of sp³-hybridized carbons (Fsp3) is 0.348. The Morgan fingerprint density at radius 2 is 2.13 bits per heavy atom. The summed E-state index contributed by atoms with van der Waals surface area (Å²) < 4.78 is 11.1. The van der Waals surface area contributed by atoms with Gasteiger partial charge in [0.2, 0.25) is 0 Å². The van der Waals surface area contributed by atoms with E-state index in [0.717, 1.165) is 48.9 Å². The lowest BCUT2D eigenvalue weighted by molar-refractivity contribution is 0.305. The average molecular weight is 406 g/mol. The summed E-state index contributed by atoms with van der Waals surface area (Å²) >= 11 is 0. The van der Waals surface area contributed by atoms with Crippen LogP contribution in [-0.4, -0.2) is 46.7 Å². The fourth-order valence-electron chi connectivity index (χ4n) is 3.88. The second-order valence-electron chi connectivity index (χ2n) is 7.40. The minimum absolute atomic E-state index is 0.131. The number of benzene rings is 1. The van der Waals surface area contributed by atoms with Gasteiger partial charge in [0.05, 0.1) is 19.4 Å². The van der Waals surface area contributed by atoms with Crippen LogP contribution in [0.5, 0.6) is 11.5 Å². The van der Waals surface area contributed by atoms with Crippen LogP contribution in [0.4, 0.5) is 0 Å². The van der Waals surface area contributed by atoms with Crippen molar-refractivity contribution in [1.29, 1.82) is 0 Å². The Morgan fingerprint density at radius 3 is 2.90 bits per heavy atom. The van der Waals surface area contributed by atoms with Crippen molar-refractivity contribution in [1.82, 2.24) is 19.9 Å². The Balaban J connectivity index is 1.48. The van der Waals surface area contributed by atoms with Crippen molar-refractivity contribution in [2.45, 2.75) is 25.8 Å². The molecule has 1 aliphatic heterocycles. The molecule has 0 amide bonds. The highest BCUT2D eigenvalue weighted by atomic mass is 16.5. The van der Waals surface area contributed by atoms with Crippen molar-refractivity contribution >= 4 is 0 Å². The third-order valence-corrected chi connectivity index (χ3v) is 5.31. The molecule has 156 valence electrons. The Morgan fingerprint density at radius 1 is 1.23 bits per heavy atom. The molecule has 1 aliphatic rings. The van der Waals surface area contributed by atoms with Gasteiger partial charge >= 0.3 is 0 Å². The zero-order valence-corrected chi connectivity index (χ0v) is 17.3. The fourth-order valence-corrected chi connectivity index (χ4v) is 3.88. The van der Waals surface area contributed by atoms with Crippen LogP contribution < -0.4 is 15.0 Å². The summed E-state index contributed by atoms with van der Waals surface area (Å²) in [6, 6.07) is 11.3. The summed E-state index contributed by atoms with van der Waals surface area (Å²) in [5.41, 5.74) is 2.55. The van der Waals surface area contributed by atoms with Crippen LogP contribution in [0, 0.1) is 0 Å². The predicted molar refractivity (Wildman–Crippen MR) is 115 cm³/mol. The van der Waals surface area contributed by atoms with Gasteiger partial charge in [-0.05, 0) is 49.7 Å². The summed E-state index contributed by atoms with van der Waals surface area (Å²) in [5, 5.41) is 0. The topological polar surface area (TPSA) is 80.3 Å². The standard InChI is InChI=1S/C23H26N4O3/c1-3-30-21-11-16(6-7-20(21)29-2)14-27-10-8-18(15-27)23-25-19(12-22(28)26-23)17-5-4-9-24-13-17/h4-7,9,11-13,18H,3,8,10,14-15H2,1-2H3,(H,25,26,28)/t18-/m0/s1. The van der Waals surface area contributed by atoms with Gasteiger partial charge in [-0.3, -0.25) is 14.7 Å². The molecule has 0 bridgehead atoms. The van der Waals surface area contributed by atoms with Gasteiger partial charge in [0, 0.05) is 43.0 Å². The van der Waals surface area contributed by atoms with Crippen molar-refractivity contribution in [2.75, 3.05) is 26.8 Å². The molecular weight excluding hydrogens is 380 g/mol. The largest absolute Gasteiger partial charge is 0.493 e. The van der Waals surface area contributed by atoms with Crippen LogP contribution in [-0.2, 0) is 6.54 Å². The van der Waals surface area contributed by atoms with E-state index in [1.165, 1.54) is 11.6 Å². The quantitative estimate of drug-likeness (QED) is 0.649. The van der Waals surface area contributed by atoms with Gasteiger partial charge in [-0.1, -0.05) is 6.07 Å². The molecule has 0 radical (unpaired) electrons. The summed E-state index contributed by atoms with van der Waals surface area (Å²) in [4.78, 5) is 26.4. The van der Waals surface area contributed by atoms with Gasteiger partial charge in [-0.25, -0.2) is 4.98 Å². The van der Waals surface area contributed by atoms with Crippen molar-refractivity contribution in [3.63, 3.8) is 0 Å². The van der Waals surface area contributed by atoms with Gasteiger partial charge < -0.3 is 14.5 Å². The average Bonchev–Trinajstić information content (AvgIpc) is 3.23. The van der Waals surface area contributed by atoms with E-state index in [-0.39, 0.29) is 11.5 Å². The number of ether oxygens (including phenoxy) is 2. The second-order valence-corrected chi connectivity index (χ2v) is 7.40. The van der Waals surface area contributed by atoms with E-state index in [9.17, 15) is 4.79 Å². The Bertz CT molecular complexity index is 1050. The molecule has 0 saturated carbocycles. The lowest BCUT2D eigenvalue weighted by Crippen LogP contribution is -2.21. The molecule has 2 aromatic heterocycles. The van der Waals surface area contributed by atoms with Crippen LogP contribution in [0.1, 0.15) is 30.7 Å². The van der Waals surface area contributed by atoms with Crippen LogP contribution in [0.2, 0.25) is 0 Å². The van der Waals surface area contributed by atoms with Gasteiger partial charge in [0.1, 0.15) is 5.82 Å². The molecule has 4 rings (SSSR count). The van der Waals surface area contributed by atoms with Gasteiger partial charge in [0.15, 0.2) is 11.5 Å². The third-order valence-electron chi connectivity index (χ3n) is 5.31. The van der Waals surface area contributed by atoms with Crippen molar-refractivity contribution in [3.05, 3.63) is 70.5 Å². The highest BCUT2D eigenvalue weighted by Gasteiger charge is 2.26. The van der Waals surface area contributed by atoms with Gasteiger partial charge in [-0.15, -0.1) is 0 Å². The molecule has 3 aromatic rings. The van der Waals surface area contributed by atoms with E-state index in [1.807, 2.05) is 31.2 Å². The number of hydrogen-bond donors (Lipinski definition) is 1. The molecule has 7 nitrogen and oxygen atoms in total. The van der Waals surface area contributed by atoms with Crippen molar-refractivity contribution in [2.24, 2.45) is 0 Å². The molecule has 7 heteroatoms. The molecule has 1 aromatic carbocycles. The SMILES string of the molecule is CCOc1cc(CN2CC[C@H](c3nc(-c4cccnc4)cc(=O)[nH]3)C2)ccc1OC. The summed E-state index contributed by atoms with van der Waals surface area (Å²) in [7, 11) is 1.65. The van der Waals surface area contributed by atoms with Crippen LogP contribution in [0.3, 0.4) is 0 Å². The monoisotopic (exact) mass is 406 g/mol. The van der Waals surface area contributed by atoms with E-state index in [2.05, 4.69) is 20.9 Å². The second kappa shape index (κ2) is 9.09. The summed E-state index contributed by atoms with van der Waals surface area (Å²) in [6.45, 7) is 5.16. The lowest BCUT2D eigenvalue weighted by Gasteiger charge is -2.17. The number of H-pyrrole nitrogens is 1. The van der Waals surface area contributed by atoms with Crippen LogP contribution >= 0.6 is 0 Å². The zero-order chi connectivity index (χ0) is 20.9.